The van der Waals surface area contributed by atoms with Gasteiger partial charge in [0.25, 0.3) is 5.56 Å². The number of nitrogens with zero attached hydrogens (tertiary/aromatic N) is 4. The second-order valence-corrected chi connectivity index (χ2v) is 8.61. The van der Waals surface area contributed by atoms with E-state index in [1.165, 1.54) is 0 Å². The third-order valence-electron chi connectivity index (χ3n) is 6.14. The normalized spacial score (nSPS) is 13.5. The zero-order valence-electron chi connectivity index (χ0n) is 19.7. The van der Waals surface area contributed by atoms with Gasteiger partial charge in [-0.25, -0.2) is 4.98 Å². The van der Waals surface area contributed by atoms with Crippen LogP contribution in [0.5, 0.6) is 11.5 Å². The van der Waals surface area contributed by atoms with Crippen LogP contribution in [-0.4, -0.2) is 39.4 Å². The number of hydrogen-bond donors (Lipinski definition) is 1. The Kier molecular flexibility index (Phi) is 6.61. The van der Waals surface area contributed by atoms with Crippen molar-refractivity contribution in [3.8, 4) is 11.5 Å². The fourth-order valence-electron chi connectivity index (χ4n) is 4.33. The molecule has 0 spiro atoms. The van der Waals surface area contributed by atoms with Crippen molar-refractivity contribution in [2.45, 2.75) is 20.0 Å². The van der Waals surface area contributed by atoms with Crippen molar-refractivity contribution in [1.29, 1.82) is 0 Å². The van der Waals surface area contributed by atoms with Crippen molar-refractivity contribution in [3.63, 3.8) is 0 Å². The highest BCUT2D eigenvalue weighted by molar-refractivity contribution is 5.60. The van der Waals surface area contributed by atoms with Crippen molar-refractivity contribution >= 4 is 11.6 Å². The minimum absolute atomic E-state index is 0.0118. The third-order valence-corrected chi connectivity index (χ3v) is 6.14. The summed E-state index contributed by atoms with van der Waals surface area (Å²) in [7, 11) is 0. The maximum absolute atomic E-state index is 13.6. The first-order valence-corrected chi connectivity index (χ1v) is 11.7. The van der Waals surface area contributed by atoms with Gasteiger partial charge in [0.15, 0.2) is 0 Å². The molecule has 7 heteroatoms. The molecule has 7 nitrogen and oxygen atoms in total. The van der Waals surface area contributed by atoms with Crippen LogP contribution in [0.25, 0.3) is 0 Å². The van der Waals surface area contributed by atoms with Gasteiger partial charge in [0, 0.05) is 24.2 Å². The fourth-order valence-corrected chi connectivity index (χ4v) is 4.33. The van der Waals surface area contributed by atoms with E-state index in [1.54, 1.807) is 4.57 Å². The summed E-state index contributed by atoms with van der Waals surface area (Å²) >= 11 is 0. The van der Waals surface area contributed by atoms with Crippen LogP contribution >= 0.6 is 0 Å². The second-order valence-electron chi connectivity index (χ2n) is 8.61. The molecule has 35 heavy (non-hydrogen) atoms. The van der Waals surface area contributed by atoms with E-state index in [0.29, 0.717) is 37.8 Å². The smallest absolute Gasteiger partial charge is 0.259 e. The first kappa shape index (κ1) is 22.8. The highest BCUT2D eigenvalue weighted by Crippen LogP contribution is 2.30. The van der Waals surface area contributed by atoms with Gasteiger partial charge in [0.05, 0.1) is 25.6 Å². The Hall–Kier alpha value is -3.94. The highest BCUT2D eigenvalue weighted by Gasteiger charge is 2.27. The second kappa shape index (κ2) is 10.1. The zero-order chi connectivity index (χ0) is 24.2. The summed E-state index contributed by atoms with van der Waals surface area (Å²) in [5.41, 5.74) is 3.34. The summed E-state index contributed by atoms with van der Waals surface area (Å²) < 4.78 is 7.63. The number of β-amino-alcohol motifs (C(OH)–C–C–N with tert-alkyl or cyclic N) is 1. The molecule has 0 radical (unpaired) electrons. The van der Waals surface area contributed by atoms with Crippen LogP contribution in [0.2, 0.25) is 0 Å². The Morgan fingerprint density at radius 1 is 0.886 bits per heavy atom. The molecule has 0 atom stereocenters. The van der Waals surface area contributed by atoms with Crippen molar-refractivity contribution in [1.82, 2.24) is 14.5 Å². The fraction of sp³-hybridized carbons (Fsp3) is 0.214. The standard InChI is InChI=1S/C28H28N4O3/c1-21-26(18-22-8-4-2-5-9-22)27(34)32-20-30(16-17-33)19-31(28(32)29-21)23-12-14-25(15-13-23)35-24-10-6-3-7-11-24/h2-15,33H,16-20H2,1H3. The number of ether oxygens (including phenoxy) is 1. The molecule has 0 fully saturated rings. The van der Waals surface area contributed by atoms with E-state index in [4.69, 9.17) is 9.72 Å². The molecule has 5 rings (SSSR count). The number of aryl methyl sites for hydroxylation is 1. The zero-order valence-corrected chi connectivity index (χ0v) is 19.7. The summed E-state index contributed by atoms with van der Waals surface area (Å²) in [5, 5.41) is 9.58. The summed E-state index contributed by atoms with van der Waals surface area (Å²) in [5.74, 6) is 2.10. The van der Waals surface area contributed by atoms with E-state index in [9.17, 15) is 9.90 Å². The van der Waals surface area contributed by atoms with Crippen molar-refractivity contribution < 1.29 is 9.84 Å². The van der Waals surface area contributed by atoms with E-state index in [-0.39, 0.29) is 12.2 Å². The number of hydrogen-bond acceptors (Lipinski definition) is 6. The van der Waals surface area contributed by atoms with Gasteiger partial charge >= 0.3 is 0 Å². The van der Waals surface area contributed by atoms with E-state index in [2.05, 4.69) is 0 Å². The third kappa shape index (κ3) is 4.96. The molecule has 178 valence electrons. The summed E-state index contributed by atoms with van der Waals surface area (Å²) in [6.45, 7) is 3.27. The van der Waals surface area contributed by atoms with Crippen LogP contribution < -0.4 is 15.2 Å². The van der Waals surface area contributed by atoms with Gasteiger partial charge in [0.1, 0.15) is 11.5 Å². The lowest BCUT2D eigenvalue weighted by Gasteiger charge is -2.38. The van der Waals surface area contributed by atoms with Gasteiger partial charge in [-0.2, -0.15) is 0 Å². The molecule has 0 aliphatic carbocycles. The molecular formula is C28H28N4O3. The topological polar surface area (TPSA) is 70.8 Å². The molecule has 1 aliphatic heterocycles. The van der Waals surface area contributed by atoms with Crippen LogP contribution in [0.3, 0.4) is 0 Å². The first-order chi connectivity index (χ1) is 17.1. The molecule has 0 amide bonds. The van der Waals surface area contributed by atoms with Gasteiger partial charge in [-0.3, -0.25) is 19.2 Å². The maximum Gasteiger partial charge on any atom is 0.259 e. The largest absolute Gasteiger partial charge is 0.457 e. The SMILES string of the molecule is Cc1nc2n(c(=O)c1Cc1ccccc1)CN(CCO)CN2c1ccc(Oc2ccccc2)cc1. The van der Waals surface area contributed by atoms with Crippen molar-refractivity contribution in [3.05, 3.63) is 112 Å². The maximum atomic E-state index is 13.6. The lowest BCUT2D eigenvalue weighted by molar-refractivity contribution is 0.152. The van der Waals surface area contributed by atoms with E-state index in [0.717, 1.165) is 28.4 Å². The Bertz CT molecular complexity index is 1340. The van der Waals surface area contributed by atoms with Gasteiger partial charge in [0.2, 0.25) is 5.95 Å². The van der Waals surface area contributed by atoms with Gasteiger partial charge in [-0.05, 0) is 48.9 Å². The number of aliphatic hydroxyl groups excluding tert-OH is 1. The Morgan fingerprint density at radius 2 is 1.54 bits per heavy atom. The molecule has 0 unspecified atom stereocenters. The lowest BCUT2D eigenvalue weighted by atomic mass is 10.1. The monoisotopic (exact) mass is 468 g/mol. The number of anilines is 2. The molecule has 1 aliphatic rings. The molecule has 0 saturated heterocycles. The molecule has 1 N–H and O–H groups in total. The van der Waals surface area contributed by atoms with E-state index >= 15 is 0 Å². The average molecular weight is 469 g/mol. The summed E-state index contributed by atoms with van der Waals surface area (Å²) in [6.07, 6.45) is 0.532. The predicted molar refractivity (Wildman–Crippen MR) is 136 cm³/mol. The molecular weight excluding hydrogens is 440 g/mol. The minimum Gasteiger partial charge on any atom is -0.457 e. The molecule has 0 saturated carbocycles. The van der Waals surface area contributed by atoms with Crippen LogP contribution in [0.15, 0.2) is 89.7 Å². The van der Waals surface area contributed by atoms with Crippen molar-refractivity contribution in [2.75, 3.05) is 24.7 Å². The minimum atomic E-state index is -0.0481. The van der Waals surface area contributed by atoms with E-state index < -0.39 is 0 Å². The Labute approximate surface area is 204 Å². The molecule has 0 bridgehead atoms. The highest BCUT2D eigenvalue weighted by atomic mass is 16.5. The number of benzene rings is 3. The van der Waals surface area contributed by atoms with Crippen LogP contribution in [0.4, 0.5) is 11.6 Å². The first-order valence-electron chi connectivity index (χ1n) is 11.7. The lowest BCUT2D eigenvalue weighted by Crippen LogP contribution is -2.48. The average Bonchev–Trinajstić information content (AvgIpc) is 2.89. The van der Waals surface area contributed by atoms with Gasteiger partial charge in [-0.1, -0.05) is 48.5 Å². The molecule has 2 heterocycles. The summed E-state index contributed by atoms with van der Waals surface area (Å²) in [6, 6.07) is 27.3. The molecule has 1 aromatic heterocycles. The number of aliphatic hydroxyl groups is 1. The molecule has 3 aromatic carbocycles. The number of rotatable bonds is 7. The number of aromatic nitrogens is 2. The Morgan fingerprint density at radius 3 is 2.23 bits per heavy atom. The van der Waals surface area contributed by atoms with Crippen LogP contribution in [0, 0.1) is 6.92 Å². The van der Waals surface area contributed by atoms with Crippen LogP contribution in [0.1, 0.15) is 16.8 Å². The van der Waals surface area contributed by atoms with Gasteiger partial charge < -0.3 is 9.84 Å². The molecule has 4 aromatic rings. The van der Waals surface area contributed by atoms with E-state index in [1.807, 2.05) is 102 Å². The predicted octanol–water partition coefficient (Wildman–Crippen LogP) is 4.30. The number of para-hydroxylation sites is 1. The van der Waals surface area contributed by atoms with Crippen LogP contribution in [-0.2, 0) is 13.1 Å². The Balaban J connectivity index is 1.49. The van der Waals surface area contributed by atoms with Crippen molar-refractivity contribution in [2.24, 2.45) is 0 Å². The quantitative estimate of drug-likeness (QED) is 0.436. The van der Waals surface area contributed by atoms with Gasteiger partial charge in [-0.15, -0.1) is 0 Å². The summed E-state index contributed by atoms with van der Waals surface area (Å²) in [4.78, 5) is 22.5. The number of fused-ring (bicyclic) bond motifs is 1.